The monoisotopic (exact) mass is 408 g/mol. The minimum Gasteiger partial charge on any atom is -0.457 e. The summed E-state index contributed by atoms with van der Waals surface area (Å²) in [6, 6.07) is 16.2. The lowest BCUT2D eigenvalue weighted by molar-refractivity contribution is -0.117. The Labute approximate surface area is 170 Å². The maximum Gasteiger partial charge on any atom is 0.379 e. The third-order valence-electron chi connectivity index (χ3n) is 4.10. The second-order valence-electron chi connectivity index (χ2n) is 6.02. The Kier molecular flexibility index (Phi) is 4.88. The molecule has 7 nitrogen and oxygen atoms in total. The highest BCUT2D eigenvalue weighted by Gasteiger charge is 2.34. The summed E-state index contributed by atoms with van der Waals surface area (Å²) in [6.07, 6.45) is 2.68. The molecule has 8 heteroatoms. The van der Waals surface area contributed by atoms with Gasteiger partial charge in [-0.3, -0.25) is 15.0 Å². The van der Waals surface area contributed by atoms with Crippen LogP contribution in [-0.4, -0.2) is 17.8 Å². The number of halogens is 1. The third kappa shape index (κ3) is 3.76. The van der Waals surface area contributed by atoms with Crippen molar-refractivity contribution in [3.8, 4) is 5.75 Å². The number of carbonyl (C=O) groups excluding carboxylic acids is 3. The number of hydrazine groups is 1. The molecule has 0 saturated carbocycles. The van der Waals surface area contributed by atoms with E-state index in [-0.39, 0.29) is 17.1 Å². The summed E-state index contributed by atoms with van der Waals surface area (Å²) in [6.45, 7) is 0. The molecule has 4 rings (SSSR count). The van der Waals surface area contributed by atoms with Gasteiger partial charge in [-0.1, -0.05) is 29.8 Å². The number of benzene rings is 2. The van der Waals surface area contributed by atoms with Crippen molar-refractivity contribution in [1.82, 2.24) is 5.43 Å². The van der Waals surface area contributed by atoms with E-state index >= 15 is 0 Å². The van der Waals surface area contributed by atoms with Crippen LogP contribution in [0.4, 0.5) is 5.69 Å². The van der Waals surface area contributed by atoms with Crippen molar-refractivity contribution in [2.24, 2.45) is 0 Å². The average Bonchev–Trinajstić information content (AvgIpc) is 3.35. The van der Waals surface area contributed by atoms with Crippen molar-refractivity contribution in [2.75, 3.05) is 5.01 Å². The Morgan fingerprint density at radius 3 is 2.59 bits per heavy atom. The second kappa shape index (κ2) is 7.65. The summed E-state index contributed by atoms with van der Waals surface area (Å²) in [4.78, 5) is 37.3. The second-order valence-corrected chi connectivity index (χ2v) is 6.46. The summed E-state index contributed by atoms with van der Waals surface area (Å²) >= 11 is 6.05. The number of nitrogens with one attached hydrogen (secondary N) is 1. The fourth-order valence-electron chi connectivity index (χ4n) is 2.74. The number of para-hydroxylation sites is 1. The van der Waals surface area contributed by atoms with E-state index < -0.39 is 17.8 Å². The average molecular weight is 409 g/mol. The molecule has 1 N–H and O–H groups in total. The largest absolute Gasteiger partial charge is 0.457 e. The number of anilines is 1. The normalized spacial score (nSPS) is 14.9. The van der Waals surface area contributed by atoms with Gasteiger partial charge in [-0.15, -0.1) is 0 Å². The highest BCUT2D eigenvalue weighted by molar-refractivity contribution is 6.32. The van der Waals surface area contributed by atoms with Crippen molar-refractivity contribution in [2.45, 2.75) is 0 Å². The fraction of sp³-hybridized carbons (Fsp3) is 0. The highest BCUT2D eigenvalue weighted by atomic mass is 35.5. The Balaban J connectivity index is 1.67. The van der Waals surface area contributed by atoms with Gasteiger partial charge in [0.2, 0.25) is 5.76 Å². The number of esters is 1. The molecule has 0 radical (unpaired) electrons. The maximum atomic E-state index is 12.7. The number of rotatable bonds is 4. The quantitative estimate of drug-likeness (QED) is 0.308. The van der Waals surface area contributed by atoms with Gasteiger partial charge in [-0.05, 0) is 48.5 Å². The molecule has 0 aliphatic carbocycles. The predicted octanol–water partition coefficient (Wildman–Crippen LogP) is 3.61. The first kappa shape index (κ1) is 18.5. The van der Waals surface area contributed by atoms with Crippen LogP contribution in [0.5, 0.6) is 5.75 Å². The molecule has 1 aromatic heterocycles. The Hall–Kier alpha value is -3.84. The van der Waals surface area contributed by atoms with Gasteiger partial charge >= 0.3 is 5.97 Å². The minimum atomic E-state index is -0.718. The molecule has 2 heterocycles. The first-order valence-corrected chi connectivity index (χ1v) is 8.88. The molecule has 0 unspecified atom stereocenters. The number of furan rings is 1. The lowest BCUT2D eigenvalue weighted by atomic mass is 10.1. The van der Waals surface area contributed by atoms with E-state index in [1.165, 1.54) is 36.6 Å². The first-order chi connectivity index (χ1) is 14.0. The van der Waals surface area contributed by atoms with Crippen molar-refractivity contribution in [1.29, 1.82) is 0 Å². The van der Waals surface area contributed by atoms with Gasteiger partial charge in [0.25, 0.3) is 11.8 Å². The molecule has 0 spiro atoms. The third-order valence-corrected chi connectivity index (χ3v) is 4.34. The zero-order valence-electron chi connectivity index (χ0n) is 14.8. The molecule has 1 saturated heterocycles. The summed E-state index contributed by atoms with van der Waals surface area (Å²) in [5.74, 6) is -1.69. The maximum absolute atomic E-state index is 12.7. The van der Waals surface area contributed by atoms with Crippen LogP contribution in [0.1, 0.15) is 16.1 Å². The number of carbonyl (C=O) groups is 3. The van der Waals surface area contributed by atoms with Crippen molar-refractivity contribution < 1.29 is 23.5 Å². The van der Waals surface area contributed by atoms with E-state index in [0.717, 1.165) is 5.01 Å². The Morgan fingerprint density at radius 2 is 1.86 bits per heavy atom. The number of hydrogen-bond donors (Lipinski definition) is 1. The van der Waals surface area contributed by atoms with Crippen molar-refractivity contribution >= 4 is 41.1 Å². The van der Waals surface area contributed by atoms with Crippen molar-refractivity contribution in [3.63, 3.8) is 0 Å². The topological polar surface area (TPSA) is 88.9 Å². The van der Waals surface area contributed by atoms with Gasteiger partial charge in [0.15, 0.2) is 0 Å². The van der Waals surface area contributed by atoms with Crippen LogP contribution in [0, 0.1) is 0 Å². The van der Waals surface area contributed by atoms with E-state index in [1.807, 2.05) is 0 Å². The Bertz CT molecular complexity index is 1120. The van der Waals surface area contributed by atoms with E-state index in [0.29, 0.717) is 16.3 Å². The van der Waals surface area contributed by atoms with E-state index in [4.69, 9.17) is 20.8 Å². The summed E-state index contributed by atoms with van der Waals surface area (Å²) in [7, 11) is 0. The molecule has 1 aliphatic rings. The van der Waals surface area contributed by atoms with Crippen LogP contribution in [0.2, 0.25) is 5.02 Å². The zero-order valence-corrected chi connectivity index (χ0v) is 15.6. The van der Waals surface area contributed by atoms with Gasteiger partial charge < -0.3 is 9.15 Å². The first-order valence-electron chi connectivity index (χ1n) is 8.50. The molecule has 2 amide bonds. The summed E-state index contributed by atoms with van der Waals surface area (Å²) < 4.78 is 10.4. The summed E-state index contributed by atoms with van der Waals surface area (Å²) in [5, 5.41) is 1.49. The van der Waals surface area contributed by atoms with Gasteiger partial charge in [0.1, 0.15) is 11.3 Å². The summed E-state index contributed by atoms with van der Waals surface area (Å²) in [5.41, 5.74) is 3.20. The van der Waals surface area contributed by atoms with Gasteiger partial charge in [-0.25, -0.2) is 9.80 Å². The number of ether oxygens (including phenoxy) is 1. The fourth-order valence-corrected chi connectivity index (χ4v) is 2.92. The van der Waals surface area contributed by atoms with Crippen LogP contribution < -0.4 is 15.2 Å². The van der Waals surface area contributed by atoms with Gasteiger partial charge in [0.05, 0.1) is 12.0 Å². The van der Waals surface area contributed by atoms with Crippen LogP contribution in [0.3, 0.4) is 0 Å². The zero-order chi connectivity index (χ0) is 20.4. The van der Waals surface area contributed by atoms with E-state index in [1.54, 1.807) is 36.4 Å². The lowest BCUT2D eigenvalue weighted by Gasteiger charge is -2.13. The van der Waals surface area contributed by atoms with Crippen LogP contribution in [0.15, 0.2) is 76.9 Å². The van der Waals surface area contributed by atoms with Crippen LogP contribution in [-0.2, 0) is 9.59 Å². The highest BCUT2D eigenvalue weighted by Crippen LogP contribution is 2.28. The number of amides is 2. The van der Waals surface area contributed by atoms with Crippen LogP contribution >= 0.6 is 11.6 Å². The molecule has 3 aromatic rings. The molecule has 1 fully saturated rings. The van der Waals surface area contributed by atoms with Crippen molar-refractivity contribution in [3.05, 3.63) is 88.8 Å². The smallest absolute Gasteiger partial charge is 0.379 e. The number of hydrogen-bond acceptors (Lipinski definition) is 5. The molecular weight excluding hydrogens is 396 g/mol. The standard InChI is InChI=1S/C21H13ClN2O5/c22-14-8-9-17(29-21(27)18-7-4-10-28-18)13(11-14)12-16-19(25)23-24(20(16)26)15-5-2-1-3-6-15/h1-12H,(H,23,25)/b16-12-. The molecule has 0 atom stereocenters. The SMILES string of the molecule is O=C1NN(c2ccccc2)C(=O)/C1=C\c1cc(Cl)ccc1OC(=O)c1ccco1. The van der Waals surface area contributed by atoms with Gasteiger partial charge in [0, 0.05) is 10.6 Å². The molecule has 0 bridgehead atoms. The molecule has 29 heavy (non-hydrogen) atoms. The molecule has 1 aliphatic heterocycles. The molecule has 2 aromatic carbocycles. The van der Waals surface area contributed by atoms with E-state index in [9.17, 15) is 14.4 Å². The predicted molar refractivity (Wildman–Crippen MR) is 105 cm³/mol. The van der Waals surface area contributed by atoms with Gasteiger partial charge in [-0.2, -0.15) is 0 Å². The molecular formula is C21H13ClN2O5. The minimum absolute atomic E-state index is 0.0171. The number of nitrogens with zero attached hydrogens (tertiary/aromatic N) is 1. The van der Waals surface area contributed by atoms with Crippen LogP contribution in [0.25, 0.3) is 6.08 Å². The Morgan fingerprint density at radius 1 is 1.07 bits per heavy atom. The van der Waals surface area contributed by atoms with E-state index in [2.05, 4.69) is 5.43 Å². The molecule has 144 valence electrons. The lowest BCUT2D eigenvalue weighted by Crippen LogP contribution is -2.35.